The van der Waals surface area contributed by atoms with Gasteiger partial charge in [-0.2, -0.15) is 0 Å². The van der Waals surface area contributed by atoms with E-state index in [4.69, 9.17) is 23.2 Å². The maximum atomic E-state index is 12.7. The van der Waals surface area contributed by atoms with Gasteiger partial charge in [-0.1, -0.05) is 47.5 Å². The van der Waals surface area contributed by atoms with Crippen LogP contribution in [0.3, 0.4) is 0 Å². The molecule has 9 heteroatoms. The predicted molar refractivity (Wildman–Crippen MR) is 130 cm³/mol. The fourth-order valence-corrected chi connectivity index (χ4v) is 5.17. The second-order valence-electron chi connectivity index (χ2n) is 7.34. The molecule has 0 aliphatic carbocycles. The average molecular weight is 501 g/mol. The maximum absolute atomic E-state index is 12.7. The molecule has 33 heavy (non-hydrogen) atoms. The molecule has 2 amide bonds. The van der Waals surface area contributed by atoms with E-state index in [1.807, 2.05) is 12.1 Å². The minimum absolute atomic E-state index is 0.0687. The van der Waals surface area contributed by atoms with Gasteiger partial charge in [0, 0.05) is 22.5 Å². The molecule has 1 aliphatic heterocycles. The van der Waals surface area contributed by atoms with Crippen LogP contribution in [0.25, 0.3) is 6.08 Å². The van der Waals surface area contributed by atoms with Gasteiger partial charge in [-0.15, -0.1) is 11.3 Å². The van der Waals surface area contributed by atoms with E-state index >= 15 is 0 Å². The van der Waals surface area contributed by atoms with Gasteiger partial charge in [0.15, 0.2) is 0 Å². The molecule has 168 valence electrons. The highest BCUT2D eigenvalue weighted by atomic mass is 35.5. The molecule has 0 unspecified atom stereocenters. The van der Waals surface area contributed by atoms with Gasteiger partial charge in [0.1, 0.15) is 5.00 Å². The van der Waals surface area contributed by atoms with Gasteiger partial charge in [0.2, 0.25) is 5.91 Å². The van der Waals surface area contributed by atoms with Crippen molar-refractivity contribution < 1.29 is 19.5 Å². The first-order chi connectivity index (χ1) is 15.8. The summed E-state index contributed by atoms with van der Waals surface area (Å²) >= 11 is 13.1. The van der Waals surface area contributed by atoms with Crippen molar-refractivity contribution in [3.63, 3.8) is 0 Å². The number of hydrogen-bond acceptors (Lipinski definition) is 4. The number of amides is 2. The summed E-state index contributed by atoms with van der Waals surface area (Å²) in [5, 5.41) is 13.6. The highest BCUT2D eigenvalue weighted by Gasteiger charge is 2.30. The smallest absolute Gasteiger partial charge is 0.339 e. The van der Waals surface area contributed by atoms with E-state index in [0.29, 0.717) is 23.6 Å². The van der Waals surface area contributed by atoms with Gasteiger partial charge in [-0.25, -0.2) is 4.79 Å². The van der Waals surface area contributed by atoms with Crippen molar-refractivity contribution in [2.24, 2.45) is 0 Å². The summed E-state index contributed by atoms with van der Waals surface area (Å²) in [4.78, 5) is 39.7. The summed E-state index contributed by atoms with van der Waals surface area (Å²) < 4.78 is 0. The van der Waals surface area contributed by atoms with Crippen molar-refractivity contribution in [1.82, 2.24) is 4.90 Å². The maximum Gasteiger partial charge on any atom is 0.339 e. The second-order valence-corrected chi connectivity index (χ2v) is 9.29. The molecule has 0 radical (unpaired) electrons. The number of fused-ring (bicyclic) bond motifs is 1. The summed E-state index contributed by atoms with van der Waals surface area (Å²) in [6.07, 6.45) is 3.58. The zero-order valence-electron chi connectivity index (χ0n) is 17.2. The molecule has 0 saturated heterocycles. The van der Waals surface area contributed by atoms with E-state index in [0.717, 1.165) is 10.4 Å². The lowest BCUT2D eigenvalue weighted by Crippen LogP contribution is -2.34. The number of halogens is 2. The SMILES string of the molecule is O=C(Nc1sc2c(c1C(=O)O)CCN(C(=O)/C=C/c1ccc(Cl)cc1)C2)c1ccccc1Cl. The van der Waals surface area contributed by atoms with Gasteiger partial charge in [-0.05, 0) is 47.9 Å². The van der Waals surface area contributed by atoms with Gasteiger partial charge in [0.25, 0.3) is 5.91 Å². The molecule has 1 aliphatic rings. The number of hydrogen-bond donors (Lipinski definition) is 2. The molecule has 3 aromatic rings. The topological polar surface area (TPSA) is 86.7 Å². The van der Waals surface area contributed by atoms with E-state index in [1.54, 1.807) is 47.4 Å². The number of aromatic carboxylic acids is 1. The number of nitrogens with zero attached hydrogens (tertiary/aromatic N) is 1. The Morgan fingerprint density at radius 1 is 1.06 bits per heavy atom. The van der Waals surface area contributed by atoms with Crippen LogP contribution >= 0.6 is 34.5 Å². The molecular formula is C24H18Cl2N2O4S. The van der Waals surface area contributed by atoms with E-state index < -0.39 is 11.9 Å². The van der Waals surface area contributed by atoms with Gasteiger partial charge in [0.05, 0.1) is 22.7 Å². The number of rotatable bonds is 5. The zero-order chi connectivity index (χ0) is 23.5. The monoisotopic (exact) mass is 500 g/mol. The number of carbonyl (C=O) groups excluding carboxylic acids is 2. The van der Waals surface area contributed by atoms with Crippen LogP contribution in [0.1, 0.15) is 36.7 Å². The minimum atomic E-state index is -1.12. The Balaban J connectivity index is 1.53. The Labute approximate surface area is 204 Å². The molecule has 6 nitrogen and oxygen atoms in total. The first-order valence-corrected chi connectivity index (χ1v) is 11.6. The third-order valence-electron chi connectivity index (χ3n) is 5.22. The number of thiophene rings is 1. The molecule has 2 aromatic carbocycles. The molecule has 0 bridgehead atoms. The first kappa shape index (κ1) is 23.0. The van der Waals surface area contributed by atoms with Crippen molar-refractivity contribution in [2.45, 2.75) is 13.0 Å². The fourth-order valence-electron chi connectivity index (χ4n) is 3.57. The third kappa shape index (κ3) is 5.11. The normalized spacial score (nSPS) is 13.1. The molecule has 2 N–H and O–H groups in total. The van der Waals surface area contributed by atoms with E-state index in [2.05, 4.69) is 5.32 Å². The molecule has 0 saturated carbocycles. The van der Waals surface area contributed by atoms with Crippen molar-refractivity contribution in [3.8, 4) is 0 Å². The summed E-state index contributed by atoms with van der Waals surface area (Å²) in [5.41, 5.74) is 1.82. The van der Waals surface area contributed by atoms with Crippen molar-refractivity contribution in [1.29, 1.82) is 0 Å². The highest BCUT2D eigenvalue weighted by molar-refractivity contribution is 7.17. The minimum Gasteiger partial charge on any atom is -0.478 e. The van der Waals surface area contributed by atoms with Crippen LogP contribution in [-0.4, -0.2) is 34.3 Å². The van der Waals surface area contributed by atoms with Gasteiger partial charge < -0.3 is 15.3 Å². The van der Waals surface area contributed by atoms with E-state index in [-0.39, 0.29) is 33.6 Å². The number of carboxylic acids is 1. The summed E-state index contributed by atoms with van der Waals surface area (Å²) in [5.74, 6) is -1.78. The van der Waals surface area contributed by atoms with Crippen molar-refractivity contribution in [2.75, 3.05) is 11.9 Å². The van der Waals surface area contributed by atoms with Crippen LogP contribution in [0.15, 0.2) is 54.6 Å². The predicted octanol–water partition coefficient (Wildman–Crippen LogP) is 5.60. The Morgan fingerprint density at radius 3 is 2.48 bits per heavy atom. The number of carboxylic acid groups (broad SMARTS) is 1. The average Bonchev–Trinajstić information content (AvgIpc) is 3.15. The molecule has 1 aromatic heterocycles. The highest BCUT2D eigenvalue weighted by Crippen LogP contribution is 2.37. The van der Waals surface area contributed by atoms with Crippen molar-refractivity contribution in [3.05, 3.63) is 91.8 Å². The summed E-state index contributed by atoms with van der Waals surface area (Å²) in [6.45, 7) is 0.651. The van der Waals surface area contributed by atoms with Crippen LogP contribution < -0.4 is 5.32 Å². The Bertz CT molecular complexity index is 1270. The van der Waals surface area contributed by atoms with Crippen LogP contribution in [0.2, 0.25) is 10.0 Å². The molecule has 0 fully saturated rings. The molecule has 0 spiro atoms. The Hall–Kier alpha value is -3.13. The lowest BCUT2D eigenvalue weighted by Gasteiger charge is -2.26. The van der Waals surface area contributed by atoms with E-state index in [9.17, 15) is 19.5 Å². The first-order valence-electron chi connectivity index (χ1n) is 9.99. The Kier molecular flexibility index (Phi) is 6.83. The lowest BCUT2D eigenvalue weighted by atomic mass is 10.0. The number of nitrogens with one attached hydrogen (secondary N) is 1. The fraction of sp³-hybridized carbons (Fsp3) is 0.125. The molecule has 4 rings (SSSR count). The molecule has 0 atom stereocenters. The van der Waals surface area contributed by atoms with Gasteiger partial charge in [-0.3, -0.25) is 9.59 Å². The zero-order valence-corrected chi connectivity index (χ0v) is 19.5. The second kappa shape index (κ2) is 9.79. The van der Waals surface area contributed by atoms with Crippen LogP contribution in [0.4, 0.5) is 5.00 Å². The van der Waals surface area contributed by atoms with Crippen LogP contribution in [-0.2, 0) is 17.8 Å². The number of benzene rings is 2. The Morgan fingerprint density at radius 2 is 1.79 bits per heavy atom. The van der Waals surface area contributed by atoms with Crippen LogP contribution in [0, 0.1) is 0 Å². The standard InChI is InChI=1S/C24H18Cl2N2O4S/c25-15-8-5-14(6-9-15)7-10-20(29)28-12-11-17-19(13-28)33-23(21(17)24(31)32)27-22(30)16-3-1-2-4-18(16)26/h1-10H,11-13H2,(H,27,30)(H,31,32)/b10-7+. The van der Waals surface area contributed by atoms with Crippen molar-refractivity contribution >= 4 is 63.4 Å². The lowest BCUT2D eigenvalue weighted by molar-refractivity contribution is -0.126. The summed E-state index contributed by atoms with van der Waals surface area (Å²) in [6, 6.07) is 13.7. The third-order valence-corrected chi connectivity index (χ3v) is 6.93. The van der Waals surface area contributed by atoms with Crippen LogP contribution in [0.5, 0.6) is 0 Å². The summed E-state index contributed by atoms with van der Waals surface area (Å²) in [7, 11) is 0. The molecular weight excluding hydrogens is 483 g/mol. The quantitative estimate of drug-likeness (QED) is 0.446. The van der Waals surface area contributed by atoms with Gasteiger partial charge >= 0.3 is 5.97 Å². The number of anilines is 1. The van der Waals surface area contributed by atoms with E-state index in [1.165, 1.54) is 17.4 Å². The number of carbonyl (C=O) groups is 3. The molecule has 2 heterocycles. The largest absolute Gasteiger partial charge is 0.478 e.